The zero-order chi connectivity index (χ0) is 19.9. The molecule has 0 radical (unpaired) electrons. The number of esters is 1. The Morgan fingerprint density at radius 1 is 0.857 bits per heavy atom. The minimum Gasteiger partial charge on any atom is -0.496 e. The van der Waals surface area contributed by atoms with E-state index in [1.54, 1.807) is 24.3 Å². The van der Waals surface area contributed by atoms with Gasteiger partial charge < -0.3 is 14.8 Å². The van der Waals surface area contributed by atoms with E-state index < -0.39 is 18.0 Å². The van der Waals surface area contributed by atoms with Crippen molar-refractivity contribution in [1.29, 1.82) is 0 Å². The zero-order valence-electron chi connectivity index (χ0n) is 15.7. The van der Waals surface area contributed by atoms with Crippen molar-refractivity contribution in [2.24, 2.45) is 0 Å². The molecule has 3 rings (SSSR count). The lowest BCUT2D eigenvalue weighted by atomic mass is 10.0. The molecule has 0 bridgehead atoms. The highest BCUT2D eigenvalue weighted by Crippen LogP contribution is 2.28. The summed E-state index contributed by atoms with van der Waals surface area (Å²) in [6.45, 7) is 1.54. The van der Waals surface area contributed by atoms with Crippen molar-refractivity contribution in [2.45, 2.75) is 13.0 Å². The summed E-state index contributed by atoms with van der Waals surface area (Å²) in [5.41, 5.74) is 2.80. The molecule has 0 spiro atoms. The summed E-state index contributed by atoms with van der Waals surface area (Å²) in [7, 11) is 1.47. The molecule has 0 aliphatic carbocycles. The van der Waals surface area contributed by atoms with Gasteiger partial charge >= 0.3 is 5.97 Å². The standard InChI is InChI=1S/C23H21NO4/c1-16(28-23(26)19-13-7-9-15-21(19)27-2)22(25)24-20-14-8-6-12-18(20)17-10-4-3-5-11-17/h3-16H,1-2H3,(H,24,25)/t16-/m0/s1. The van der Waals surface area contributed by atoms with Gasteiger partial charge in [0, 0.05) is 11.3 Å². The van der Waals surface area contributed by atoms with Crippen molar-refractivity contribution in [2.75, 3.05) is 12.4 Å². The average molecular weight is 375 g/mol. The van der Waals surface area contributed by atoms with E-state index in [-0.39, 0.29) is 5.56 Å². The molecule has 3 aromatic carbocycles. The fourth-order valence-electron chi connectivity index (χ4n) is 2.79. The maximum atomic E-state index is 12.6. The Balaban J connectivity index is 1.73. The van der Waals surface area contributed by atoms with Crippen LogP contribution in [0.2, 0.25) is 0 Å². The number of hydrogen-bond donors (Lipinski definition) is 1. The second-order valence-corrected chi connectivity index (χ2v) is 6.15. The molecule has 28 heavy (non-hydrogen) atoms. The lowest BCUT2D eigenvalue weighted by Gasteiger charge is -2.16. The quantitative estimate of drug-likeness (QED) is 0.642. The van der Waals surface area contributed by atoms with Crippen molar-refractivity contribution < 1.29 is 19.1 Å². The van der Waals surface area contributed by atoms with Crippen LogP contribution in [0.5, 0.6) is 5.75 Å². The first-order chi connectivity index (χ1) is 13.6. The second-order valence-electron chi connectivity index (χ2n) is 6.15. The molecule has 0 saturated carbocycles. The number of anilines is 1. The number of ether oxygens (including phenoxy) is 2. The monoisotopic (exact) mass is 375 g/mol. The van der Waals surface area contributed by atoms with Gasteiger partial charge in [0.05, 0.1) is 7.11 Å². The van der Waals surface area contributed by atoms with Gasteiger partial charge in [-0.25, -0.2) is 4.79 Å². The predicted octanol–water partition coefficient (Wildman–Crippen LogP) is 4.55. The molecule has 142 valence electrons. The number of para-hydroxylation sites is 2. The Kier molecular flexibility index (Phi) is 6.07. The number of benzene rings is 3. The molecule has 0 aliphatic heterocycles. The van der Waals surface area contributed by atoms with E-state index in [2.05, 4.69) is 5.32 Å². The fraction of sp³-hybridized carbons (Fsp3) is 0.130. The number of carbonyl (C=O) groups excluding carboxylic acids is 2. The number of hydrogen-bond acceptors (Lipinski definition) is 4. The summed E-state index contributed by atoms with van der Waals surface area (Å²) in [6.07, 6.45) is -0.971. The van der Waals surface area contributed by atoms with Gasteiger partial charge in [-0.15, -0.1) is 0 Å². The first-order valence-corrected chi connectivity index (χ1v) is 8.89. The maximum Gasteiger partial charge on any atom is 0.342 e. The van der Waals surface area contributed by atoms with E-state index in [1.807, 2.05) is 54.6 Å². The Labute approximate surface area is 163 Å². The Morgan fingerprint density at radius 2 is 1.50 bits per heavy atom. The molecule has 1 atom stereocenters. The summed E-state index contributed by atoms with van der Waals surface area (Å²) in [5, 5.41) is 2.85. The Morgan fingerprint density at radius 3 is 2.25 bits per heavy atom. The predicted molar refractivity (Wildman–Crippen MR) is 108 cm³/mol. The molecule has 0 saturated heterocycles. The van der Waals surface area contributed by atoms with Gasteiger partial charge in [-0.2, -0.15) is 0 Å². The molecule has 0 aromatic heterocycles. The van der Waals surface area contributed by atoms with E-state index in [9.17, 15) is 9.59 Å². The van der Waals surface area contributed by atoms with Crippen LogP contribution in [-0.2, 0) is 9.53 Å². The van der Waals surface area contributed by atoms with Crippen molar-refractivity contribution in [3.05, 3.63) is 84.4 Å². The van der Waals surface area contributed by atoms with Gasteiger partial charge in [0.15, 0.2) is 6.10 Å². The van der Waals surface area contributed by atoms with E-state index in [0.717, 1.165) is 11.1 Å². The van der Waals surface area contributed by atoms with Crippen molar-refractivity contribution >= 4 is 17.6 Å². The van der Waals surface area contributed by atoms with Crippen molar-refractivity contribution in [3.8, 4) is 16.9 Å². The van der Waals surface area contributed by atoms with E-state index in [1.165, 1.54) is 14.0 Å². The van der Waals surface area contributed by atoms with E-state index >= 15 is 0 Å². The third-order valence-corrected chi connectivity index (χ3v) is 4.25. The average Bonchev–Trinajstić information content (AvgIpc) is 2.74. The maximum absolute atomic E-state index is 12.6. The molecule has 5 heteroatoms. The summed E-state index contributed by atoms with van der Waals surface area (Å²) in [6, 6.07) is 24.0. The molecule has 0 aliphatic rings. The summed E-state index contributed by atoms with van der Waals surface area (Å²) >= 11 is 0. The summed E-state index contributed by atoms with van der Waals surface area (Å²) < 4.78 is 10.5. The highest BCUT2D eigenvalue weighted by atomic mass is 16.5. The fourth-order valence-corrected chi connectivity index (χ4v) is 2.79. The minimum absolute atomic E-state index is 0.273. The normalized spacial score (nSPS) is 11.4. The zero-order valence-corrected chi connectivity index (χ0v) is 15.7. The van der Waals surface area contributed by atoms with Gasteiger partial charge in [0.2, 0.25) is 0 Å². The smallest absolute Gasteiger partial charge is 0.342 e. The number of nitrogens with one attached hydrogen (secondary N) is 1. The van der Waals surface area contributed by atoms with Crippen LogP contribution < -0.4 is 10.1 Å². The Bertz CT molecular complexity index is 969. The van der Waals surface area contributed by atoms with Crippen LogP contribution in [-0.4, -0.2) is 25.1 Å². The van der Waals surface area contributed by atoms with Crippen molar-refractivity contribution in [1.82, 2.24) is 0 Å². The second kappa shape index (κ2) is 8.86. The van der Waals surface area contributed by atoms with E-state index in [0.29, 0.717) is 11.4 Å². The van der Waals surface area contributed by atoms with Crippen LogP contribution in [0.3, 0.4) is 0 Å². The third-order valence-electron chi connectivity index (χ3n) is 4.25. The molecule has 0 fully saturated rings. The number of rotatable bonds is 6. The molecule has 1 amide bonds. The first kappa shape index (κ1) is 19.2. The number of carbonyl (C=O) groups is 2. The van der Waals surface area contributed by atoms with Crippen LogP contribution in [0, 0.1) is 0 Å². The van der Waals surface area contributed by atoms with Gasteiger partial charge in [0.1, 0.15) is 11.3 Å². The third kappa shape index (κ3) is 4.38. The number of methoxy groups -OCH3 is 1. The topological polar surface area (TPSA) is 64.6 Å². The molecular weight excluding hydrogens is 354 g/mol. The van der Waals surface area contributed by atoms with Crippen LogP contribution >= 0.6 is 0 Å². The molecule has 3 aromatic rings. The molecule has 0 unspecified atom stereocenters. The molecular formula is C23H21NO4. The Hall–Kier alpha value is -3.60. The summed E-state index contributed by atoms with van der Waals surface area (Å²) in [4.78, 5) is 25.0. The summed E-state index contributed by atoms with van der Waals surface area (Å²) in [5.74, 6) is -0.627. The minimum atomic E-state index is -0.971. The van der Waals surface area contributed by atoms with Gasteiger partial charge in [-0.1, -0.05) is 60.7 Å². The highest BCUT2D eigenvalue weighted by Gasteiger charge is 2.22. The highest BCUT2D eigenvalue weighted by molar-refractivity contribution is 6.00. The van der Waals surface area contributed by atoms with E-state index in [4.69, 9.17) is 9.47 Å². The lowest BCUT2D eigenvalue weighted by Crippen LogP contribution is -2.30. The lowest BCUT2D eigenvalue weighted by molar-refractivity contribution is -0.123. The number of amides is 1. The van der Waals surface area contributed by atoms with Gasteiger partial charge in [-0.05, 0) is 30.7 Å². The van der Waals surface area contributed by atoms with Crippen LogP contribution in [0.25, 0.3) is 11.1 Å². The van der Waals surface area contributed by atoms with Crippen molar-refractivity contribution in [3.63, 3.8) is 0 Å². The molecule has 0 heterocycles. The van der Waals surface area contributed by atoms with Crippen LogP contribution in [0.1, 0.15) is 17.3 Å². The largest absolute Gasteiger partial charge is 0.496 e. The first-order valence-electron chi connectivity index (χ1n) is 8.89. The van der Waals surface area contributed by atoms with Crippen LogP contribution in [0.15, 0.2) is 78.9 Å². The van der Waals surface area contributed by atoms with Gasteiger partial charge in [-0.3, -0.25) is 4.79 Å². The molecule has 1 N–H and O–H groups in total. The SMILES string of the molecule is COc1ccccc1C(=O)O[C@@H](C)C(=O)Nc1ccccc1-c1ccccc1. The van der Waals surface area contributed by atoms with Crippen LogP contribution in [0.4, 0.5) is 5.69 Å². The van der Waals surface area contributed by atoms with Gasteiger partial charge in [0.25, 0.3) is 5.91 Å². The molecule has 5 nitrogen and oxygen atoms in total.